The Hall–Kier alpha value is -1.00. The van der Waals surface area contributed by atoms with Gasteiger partial charge in [-0.05, 0) is 25.0 Å². The highest BCUT2D eigenvalue weighted by Crippen LogP contribution is 2.26. The molecular formula is C16H25NO3. The van der Waals surface area contributed by atoms with Crippen molar-refractivity contribution in [3.8, 4) is 0 Å². The van der Waals surface area contributed by atoms with Crippen molar-refractivity contribution in [2.75, 3.05) is 32.9 Å². The second kappa shape index (κ2) is 6.64. The molecule has 0 aromatic rings. The van der Waals surface area contributed by atoms with Crippen molar-refractivity contribution in [2.45, 2.75) is 44.8 Å². The number of ether oxygens (including phenoxy) is 3. The van der Waals surface area contributed by atoms with Gasteiger partial charge in [0.15, 0.2) is 0 Å². The van der Waals surface area contributed by atoms with Crippen molar-refractivity contribution >= 4 is 0 Å². The second-order valence-corrected chi connectivity index (χ2v) is 5.81. The minimum absolute atomic E-state index is 0.431. The fraction of sp³-hybridized carbons (Fsp3) is 0.750. The van der Waals surface area contributed by atoms with Crippen molar-refractivity contribution in [2.24, 2.45) is 0 Å². The predicted molar refractivity (Wildman–Crippen MR) is 77.3 cm³/mol. The van der Waals surface area contributed by atoms with Gasteiger partial charge in [-0.1, -0.05) is 13.3 Å². The van der Waals surface area contributed by atoms with Gasteiger partial charge < -0.3 is 19.1 Å². The van der Waals surface area contributed by atoms with Crippen molar-refractivity contribution < 1.29 is 14.2 Å². The van der Waals surface area contributed by atoms with Crippen LogP contribution in [0.5, 0.6) is 0 Å². The summed E-state index contributed by atoms with van der Waals surface area (Å²) in [6.45, 7) is 6.87. The molecule has 4 nitrogen and oxygen atoms in total. The molecule has 2 saturated heterocycles. The smallest absolute Gasteiger partial charge is 0.0984 e. The highest BCUT2D eigenvalue weighted by atomic mass is 16.6. The van der Waals surface area contributed by atoms with Crippen LogP contribution in [-0.2, 0) is 14.2 Å². The van der Waals surface area contributed by atoms with E-state index in [0.717, 1.165) is 57.9 Å². The molecule has 3 rings (SSSR count). The first-order chi connectivity index (χ1) is 9.85. The van der Waals surface area contributed by atoms with Gasteiger partial charge in [-0.25, -0.2) is 0 Å². The Balaban J connectivity index is 1.53. The molecule has 0 amide bonds. The first-order valence-corrected chi connectivity index (χ1v) is 7.86. The zero-order valence-corrected chi connectivity index (χ0v) is 12.3. The Morgan fingerprint density at radius 3 is 2.35 bits per heavy atom. The van der Waals surface area contributed by atoms with Gasteiger partial charge in [0.05, 0.1) is 37.8 Å². The third-order valence-electron chi connectivity index (χ3n) is 3.93. The van der Waals surface area contributed by atoms with E-state index < -0.39 is 0 Å². The van der Waals surface area contributed by atoms with E-state index in [0.29, 0.717) is 12.2 Å². The molecule has 2 unspecified atom stereocenters. The maximum atomic E-state index is 5.79. The summed E-state index contributed by atoms with van der Waals surface area (Å²) < 4.78 is 16.5. The number of unbranched alkanes of at least 4 members (excludes halogenated alkanes) is 1. The van der Waals surface area contributed by atoms with E-state index >= 15 is 0 Å². The highest BCUT2D eigenvalue weighted by molar-refractivity contribution is 5.21. The molecule has 2 aliphatic heterocycles. The van der Waals surface area contributed by atoms with Crippen LogP contribution in [0, 0.1) is 0 Å². The van der Waals surface area contributed by atoms with Gasteiger partial charge in [0.25, 0.3) is 0 Å². The molecule has 2 atom stereocenters. The molecule has 0 saturated carbocycles. The van der Waals surface area contributed by atoms with Crippen LogP contribution in [0.25, 0.3) is 0 Å². The van der Waals surface area contributed by atoms with Gasteiger partial charge in [-0.2, -0.15) is 0 Å². The van der Waals surface area contributed by atoms with Crippen LogP contribution in [0.4, 0.5) is 0 Å². The van der Waals surface area contributed by atoms with Crippen LogP contribution in [0.15, 0.2) is 23.6 Å². The zero-order chi connectivity index (χ0) is 13.8. The molecule has 2 heterocycles. The Kier molecular flexibility index (Phi) is 4.63. The molecule has 4 heteroatoms. The normalized spacial score (nSPS) is 27.6. The largest absolute Gasteiger partial charge is 0.498 e. The SMILES string of the molecule is CCCCOC1=CC=C(N(CC2CO2)CC2CO2)CC1. The standard InChI is InChI=1S/C16H25NO3/c1-2-3-8-18-14-6-4-13(5-7-14)17(9-15-11-19-15)10-16-12-20-16/h4,6,15-16H,2-3,5,7-12H2,1H3. The minimum Gasteiger partial charge on any atom is -0.498 e. The number of rotatable bonds is 9. The van der Waals surface area contributed by atoms with Gasteiger partial charge >= 0.3 is 0 Å². The molecule has 112 valence electrons. The number of epoxide rings is 2. The highest BCUT2D eigenvalue weighted by Gasteiger charge is 2.31. The maximum absolute atomic E-state index is 5.79. The van der Waals surface area contributed by atoms with Gasteiger partial charge in [0, 0.05) is 25.2 Å². The van der Waals surface area contributed by atoms with Crippen molar-refractivity contribution in [3.63, 3.8) is 0 Å². The monoisotopic (exact) mass is 279 g/mol. The number of allylic oxidation sites excluding steroid dienone is 4. The van der Waals surface area contributed by atoms with E-state index in [9.17, 15) is 0 Å². The Bertz CT molecular complexity index is 369. The van der Waals surface area contributed by atoms with Gasteiger partial charge in [0.2, 0.25) is 0 Å². The Labute approximate surface area is 121 Å². The number of hydrogen-bond donors (Lipinski definition) is 0. The fourth-order valence-electron chi connectivity index (χ4n) is 2.49. The molecule has 0 aromatic carbocycles. The summed E-state index contributed by atoms with van der Waals surface area (Å²) in [5.74, 6) is 1.13. The molecule has 0 aromatic heterocycles. The maximum Gasteiger partial charge on any atom is 0.0984 e. The van der Waals surface area contributed by atoms with Gasteiger partial charge in [-0.15, -0.1) is 0 Å². The Morgan fingerprint density at radius 2 is 1.85 bits per heavy atom. The van der Waals surface area contributed by atoms with E-state index in [1.807, 2.05) is 0 Å². The topological polar surface area (TPSA) is 37.5 Å². The van der Waals surface area contributed by atoms with Crippen LogP contribution in [-0.4, -0.2) is 50.0 Å². The van der Waals surface area contributed by atoms with E-state index in [1.54, 1.807) is 0 Å². The van der Waals surface area contributed by atoms with Gasteiger partial charge in [-0.3, -0.25) is 0 Å². The summed E-state index contributed by atoms with van der Waals surface area (Å²) in [4.78, 5) is 2.44. The molecule has 0 radical (unpaired) electrons. The molecule has 0 bridgehead atoms. The van der Waals surface area contributed by atoms with Crippen LogP contribution < -0.4 is 0 Å². The summed E-state index contributed by atoms with van der Waals surface area (Å²) in [5.41, 5.74) is 1.40. The van der Waals surface area contributed by atoms with E-state index in [2.05, 4.69) is 24.0 Å². The summed E-state index contributed by atoms with van der Waals surface area (Å²) in [5, 5.41) is 0. The molecule has 0 spiro atoms. The average molecular weight is 279 g/mol. The summed E-state index contributed by atoms with van der Waals surface area (Å²) in [6.07, 6.45) is 9.63. The lowest BCUT2D eigenvalue weighted by molar-refractivity contribution is 0.191. The summed E-state index contributed by atoms with van der Waals surface area (Å²) >= 11 is 0. The molecular weight excluding hydrogens is 254 g/mol. The molecule has 2 fully saturated rings. The minimum atomic E-state index is 0.431. The third kappa shape index (κ3) is 4.25. The van der Waals surface area contributed by atoms with Crippen LogP contribution in [0.2, 0.25) is 0 Å². The lowest BCUT2D eigenvalue weighted by Gasteiger charge is -2.28. The third-order valence-corrected chi connectivity index (χ3v) is 3.93. The summed E-state index contributed by atoms with van der Waals surface area (Å²) in [6, 6.07) is 0. The lowest BCUT2D eigenvalue weighted by atomic mass is 10.1. The van der Waals surface area contributed by atoms with Gasteiger partial charge in [0.1, 0.15) is 0 Å². The lowest BCUT2D eigenvalue weighted by Crippen LogP contribution is -2.31. The first kappa shape index (κ1) is 14.0. The van der Waals surface area contributed by atoms with E-state index in [4.69, 9.17) is 14.2 Å². The fourth-order valence-corrected chi connectivity index (χ4v) is 2.49. The van der Waals surface area contributed by atoms with Crippen molar-refractivity contribution in [3.05, 3.63) is 23.6 Å². The van der Waals surface area contributed by atoms with Crippen molar-refractivity contribution in [1.29, 1.82) is 0 Å². The van der Waals surface area contributed by atoms with E-state index in [1.165, 1.54) is 12.1 Å². The first-order valence-electron chi connectivity index (χ1n) is 7.86. The molecule has 20 heavy (non-hydrogen) atoms. The molecule has 3 aliphatic rings. The van der Waals surface area contributed by atoms with E-state index in [-0.39, 0.29) is 0 Å². The van der Waals surface area contributed by atoms with Crippen LogP contribution in [0.1, 0.15) is 32.6 Å². The molecule has 1 aliphatic carbocycles. The predicted octanol–water partition coefficient (Wildman–Crippen LogP) is 2.46. The number of hydrogen-bond acceptors (Lipinski definition) is 4. The van der Waals surface area contributed by atoms with Crippen LogP contribution >= 0.6 is 0 Å². The van der Waals surface area contributed by atoms with Crippen molar-refractivity contribution in [1.82, 2.24) is 4.90 Å². The average Bonchev–Trinajstić information content (AvgIpc) is 3.35. The second-order valence-electron chi connectivity index (χ2n) is 5.81. The molecule has 0 N–H and O–H groups in total. The zero-order valence-electron chi connectivity index (χ0n) is 12.3. The Morgan fingerprint density at radius 1 is 1.15 bits per heavy atom. The quantitative estimate of drug-likeness (QED) is 0.480. The number of nitrogens with zero attached hydrogens (tertiary/aromatic N) is 1. The van der Waals surface area contributed by atoms with Crippen LogP contribution in [0.3, 0.4) is 0 Å². The summed E-state index contributed by atoms with van der Waals surface area (Å²) in [7, 11) is 0.